The zero-order chi connectivity index (χ0) is 11.9. The summed E-state index contributed by atoms with van der Waals surface area (Å²) in [7, 11) is 0. The maximum atomic E-state index is 6.08. The van der Waals surface area contributed by atoms with Crippen molar-refractivity contribution in [2.24, 2.45) is 0 Å². The zero-order valence-corrected chi connectivity index (χ0v) is 10.1. The van der Waals surface area contributed by atoms with E-state index in [4.69, 9.17) is 17.3 Å². The second-order valence-corrected chi connectivity index (χ2v) is 3.98. The largest absolute Gasteiger partial charge is 0.383 e. The van der Waals surface area contributed by atoms with E-state index >= 15 is 0 Å². The molecule has 84 valence electrons. The molecule has 0 fully saturated rings. The topological polar surface area (TPSA) is 69.6 Å². The molecule has 0 aliphatic heterocycles. The lowest BCUT2D eigenvalue weighted by molar-refractivity contribution is 0.794. The number of anilines is 1. The average Bonchev–Trinajstić information content (AvgIpc) is 2.50. The number of aromatic nitrogens is 4. The summed E-state index contributed by atoms with van der Waals surface area (Å²) >= 11 is 6.08. The molecule has 0 aliphatic carbocycles. The quantitative estimate of drug-likeness (QED) is 0.822. The fourth-order valence-electron chi connectivity index (χ4n) is 1.50. The maximum absolute atomic E-state index is 6.08. The van der Waals surface area contributed by atoms with Crippen molar-refractivity contribution in [3.63, 3.8) is 0 Å². The molecule has 2 heterocycles. The number of nitrogens with two attached hydrogens (primary N) is 1. The van der Waals surface area contributed by atoms with E-state index in [-0.39, 0.29) is 0 Å². The third kappa shape index (κ3) is 1.53. The van der Waals surface area contributed by atoms with Crippen molar-refractivity contribution in [1.29, 1.82) is 0 Å². The van der Waals surface area contributed by atoms with Crippen molar-refractivity contribution < 1.29 is 0 Å². The summed E-state index contributed by atoms with van der Waals surface area (Å²) in [5.41, 5.74) is 8.15. The Morgan fingerprint density at radius 3 is 2.50 bits per heavy atom. The highest BCUT2D eigenvalue weighted by atomic mass is 35.5. The van der Waals surface area contributed by atoms with E-state index in [0.29, 0.717) is 16.7 Å². The van der Waals surface area contributed by atoms with Gasteiger partial charge in [0.1, 0.15) is 12.1 Å². The van der Waals surface area contributed by atoms with Gasteiger partial charge >= 0.3 is 0 Å². The van der Waals surface area contributed by atoms with E-state index < -0.39 is 0 Å². The van der Waals surface area contributed by atoms with Crippen molar-refractivity contribution >= 4 is 17.4 Å². The monoisotopic (exact) mass is 237 g/mol. The van der Waals surface area contributed by atoms with Crippen LogP contribution in [0.1, 0.15) is 17.0 Å². The molecule has 2 N–H and O–H groups in total. The molecule has 0 aromatic carbocycles. The molecule has 0 saturated carbocycles. The van der Waals surface area contributed by atoms with Gasteiger partial charge < -0.3 is 5.73 Å². The summed E-state index contributed by atoms with van der Waals surface area (Å²) in [6, 6.07) is 0. The summed E-state index contributed by atoms with van der Waals surface area (Å²) in [5, 5.41) is 4.97. The average molecular weight is 238 g/mol. The Bertz CT molecular complexity index is 546. The first-order valence-electron chi connectivity index (χ1n) is 4.81. The number of halogens is 1. The Kier molecular flexibility index (Phi) is 2.55. The second-order valence-electron chi connectivity index (χ2n) is 3.60. The lowest BCUT2D eigenvalue weighted by Crippen LogP contribution is -2.07. The molecule has 2 aromatic heterocycles. The lowest BCUT2D eigenvalue weighted by atomic mass is 10.3. The fourth-order valence-corrected chi connectivity index (χ4v) is 1.62. The van der Waals surface area contributed by atoms with Gasteiger partial charge in [-0.15, -0.1) is 0 Å². The van der Waals surface area contributed by atoms with Gasteiger partial charge in [0.25, 0.3) is 0 Å². The number of nitrogen functional groups attached to an aromatic ring is 1. The molecule has 0 spiro atoms. The lowest BCUT2D eigenvalue weighted by Gasteiger charge is -2.07. The van der Waals surface area contributed by atoms with Crippen molar-refractivity contribution in [1.82, 2.24) is 19.7 Å². The normalized spacial score (nSPS) is 10.8. The summed E-state index contributed by atoms with van der Waals surface area (Å²) in [4.78, 5) is 8.09. The molecule has 6 heteroatoms. The standard InChI is InChI=1S/C10H12ClN5/c1-5-9(12)13-4-14-10(5)16-7(3)8(11)6(2)15-16/h4H,1-3H3,(H2,12,13,14). The number of hydrogen-bond acceptors (Lipinski definition) is 4. The van der Waals surface area contributed by atoms with E-state index in [2.05, 4.69) is 15.1 Å². The minimum atomic E-state index is 0.452. The van der Waals surface area contributed by atoms with Gasteiger partial charge in [0.05, 0.1) is 16.4 Å². The SMILES string of the molecule is Cc1nn(-c2ncnc(N)c2C)c(C)c1Cl. The molecule has 0 radical (unpaired) electrons. The van der Waals surface area contributed by atoms with E-state index in [9.17, 15) is 0 Å². The van der Waals surface area contributed by atoms with Gasteiger partial charge in [0, 0.05) is 5.56 Å². The highest BCUT2D eigenvalue weighted by molar-refractivity contribution is 6.31. The molecule has 0 atom stereocenters. The Morgan fingerprint density at radius 2 is 1.94 bits per heavy atom. The van der Waals surface area contributed by atoms with Gasteiger partial charge in [-0.25, -0.2) is 14.6 Å². The van der Waals surface area contributed by atoms with Gasteiger partial charge in [-0.1, -0.05) is 11.6 Å². The van der Waals surface area contributed by atoms with E-state index in [1.54, 1.807) is 4.68 Å². The third-order valence-corrected chi connectivity index (χ3v) is 3.05. The van der Waals surface area contributed by atoms with Crippen LogP contribution in [0, 0.1) is 20.8 Å². The van der Waals surface area contributed by atoms with Crippen LogP contribution in [-0.2, 0) is 0 Å². The molecule has 0 aliphatic rings. The van der Waals surface area contributed by atoms with Crippen molar-refractivity contribution in [3.05, 3.63) is 28.3 Å². The van der Waals surface area contributed by atoms with Crippen LogP contribution in [0.25, 0.3) is 5.82 Å². The fraction of sp³-hybridized carbons (Fsp3) is 0.300. The summed E-state index contributed by atoms with van der Waals surface area (Å²) in [6.07, 6.45) is 1.42. The Hall–Kier alpha value is -1.62. The number of nitrogens with zero attached hydrogens (tertiary/aromatic N) is 4. The number of aryl methyl sites for hydroxylation is 1. The van der Waals surface area contributed by atoms with E-state index in [1.807, 2.05) is 20.8 Å². The smallest absolute Gasteiger partial charge is 0.162 e. The summed E-state index contributed by atoms with van der Waals surface area (Å²) in [5.74, 6) is 1.12. The van der Waals surface area contributed by atoms with Crippen LogP contribution in [-0.4, -0.2) is 19.7 Å². The van der Waals surface area contributed by atoms with Crippen LogP contribution in [0.4, 0.5) is 5.82 Å². The minimum Gasteiger partial charge on any atom is -0.383 e. The molecule has 0 unspecified atom stereocenters. The molecule has 0 saturated heterocycles. The van der Waals surface area contributed by atoms with Crippen LogP contribution in [0.3, 0.4) is 0 Å². The Labute approximate surface area is 98.3 Å². The van der Waals surface area contributed by atoms with Crippen LogP contribution < -0.4 is 5.73 Å². The van der Waals surface area contributed by atoms with Crippen LogP contribution >= 0.6 is 11.6 Å². The van der Waals surface area contributed by atoms with Gasteiger partial charge in [0.2, 0.25) is 0 Å². The highest BCUT2D eigenvalue weighted by Crippen LogP contribution is 2.23. The minimum absolute atomic E-state index is 0.452. The molecule has 0 bridgehead atoms. The van der Waals surface area contributed by atoms with Crippen molar-refractivity contribution in [3.8, 4) is 5.82 Å². The second kappa shape index (κ2) is 3.75. The summed E-state index contributed by atoms with van der Waals surface area (Å²) in [6.45, 7) is 5.60. The van der Waals surface area contributed by atoms with Crippen LogP contribution in [0.15, 0.2) is 6.33 Å². The highest BCUT2D eigenvalue weighted by Gasteiger charge is 2.14. The molecular formula is C10H12ClN5. The zero-order valence-electron chi connectivity index (χ0n) is 9.32. The predicted molar refractivity (Wildman–Crippen MR) is 62.8 cm³/mol. The van der Waals surface area contributed by atoms with Crippen molar-refractivity contribution in [2.75, 3.05) is 5.73 Å². The maximum Gasteiger partial charge on any atom is 0.162 e. The molecule has 2 aromatic rings. The molecule has 2 rings (SSSR count). The first-order chi connectivity index (χ1) is 7.52. The van der Waals surface area contributed by atoms with E-state index in [1.165, 1.54) is 6.33 Å². The van der Waals surface area contributed by atoms with E-state index in [0.717, 1.165) is 17.0 Å². The van der Waals surface area contributed by atoms with Crippen LogP contribution in [0.2, 0.25) is 5.02 Å². The Morgan fingerprint density at radius 1 is 1.25 bits per heavy atom. The van der Waals surface area contributed by atoms with Crippen molar-refractivity contribution in [2.45, 2.75) is 20.8 Å². The number of hydrogen-bond donors (Lipinski definition) is 1. The predicted octanol–water partition coefficient (Wildman–Crippen LogP) is 1.82. The molecule has 5 nitrogen and oxygen atoms in total. The van der Waals surface area contributed by atoms with Gasteiger partial charge in [-0.05, 0) is 20.8 Å². The van der Waals surface area contributed by atoms with Gasteiger partial charge in [-0.2, -0.15) is 5.10 Å². The Balaban J connectivity index is 2.68. The molecular weight excluding hydrogens is 226 g/mol. The third-order valence-electron chi connectivity index (χ3n) is 2.50. The van der Waals surface area contributed by atoms with Gasteiger partial charge in [-0.3, -0.25) is 0 Å². The molecule has 0 amide bonds. The first kappa shape index (κ1) is 10.9. The van der Waals surface area contributed by atoms with Crippen LogP contribution in [0.5, 0.6) is 0 Å². The number of rotatable bonds is 1. The first-order valence-corrected chi connectivity index (χ1v) is 5.19. The molecule has 16 heavy (non-hydrogen) atoms. The van der Waals surface area contributed by atoms with Gasteiger partial charge in [0.15, 0.2) is 5.82 Å². The summed E-state index contributed by atoms with van der Waals surface area (Å²) < 4.78 is 1.69.